The topological polar surface area (TPSA) is 38.3 Å². The van der Waals surface area contributed by atoms with E-state index < -0.39 is 0 Å². The summed E-state index contributed by atoms with van der Waals surface area (Å²) in [6.45, 7) is 3.26. The number of nitrogens with one attached hydrogen (secondary N) is 1. The molecule has 0 saturated heterocycles. The molecule has 0 atom stereocenters. The molecule has 1 N–H and O–H groups in total. The van der Waals surface area contributed by atoms with Gasteiger partial charge in [0.05, 0.1) is 7.11 Å². The van der Waals surface area contributed by atoms with Crippen LogP contribution in [0.2, 0.25) is 5.02 Å². The van der Waals surface area contributed by atoms with Crippen LogP contribution in [0.5, 0.6) is 0 Å². The first-order valence-electron chi connectivity index (χ1n) is 5.83. The van der Waals surface area contributed by atoms with E-state index in [2.05, 4.69) is 10.1 Å². The van der Waals surface area contributed by atoms with E-state index in [0.717, 1.165) is 18.0 Å². The lowest BCUT2D eigenvalue weighted by Gasteiger charge is -2.03. The van der Waals surface area contributed by atoms with Crippen molar-refractivity contribution >= 4 is 17.6 Å². The second kappa shape index (κ2) is 7.90. The first-order valence-corrected chi connectivity index (χ1v) is 6.21. The van der Waals surface area contributed by atoms with Crippen molar-refractivity contribution < 1.29 is 9.53 Å². The van der Waals surface area contributed by atoms with E-state index in [1.807, 2.05) is 30.3 Å². The summed E-state index contributed by atoms with van der Waals surface area (Å²) in [6.07, 6.45) is 2.76. The molecule has 0 amide bonds. The Bertz CT molecular complexity index is 412. The Morgan fingerprint density at radius 3 is 2.67 bits per heavy atom. The smallest absolute Gasteiger partial charge is 0.333 e. The maximum atomic E-state index is 11.1. The molecule has 0 unspecified atom stereocenters. The van der Waals surface area contributed by atoms with E-state index in [1.54, 1.807) is 6.92 Å². The molecule has 0 bridgehead atoms. The molecule has 1 aromatic rings. The molecule has 3 nitrogen and oxygen atoms in total. The zero-order valence-electron chi connectivity index (χ0n) is 10.7. The number of methoxy groups -OCH3 is 1. The van der Waals surface area contributed by atoms with Gasteiger partial charge in [-0.15, -0.1) is 0 Å². The average Bonchev–Trinajstić information content (AvgIpc) is 2.39. The van der Waals surface area contributed by atoms with Gasteiger partial charge in [0.1, 0.15) is 0 Å². The van der Waals surface area contributed by atoms with E-state index in [1.165, 1.54) is 12.7 Å². The SMILES string of the molecule is COC(=O)/C(C)=C/CNCCc1ccc(Cl)cc1. The molecule has 0 radical (unpaired) electrons. The van der Waals surface area contributed by atoms with E-state index >= 15 is 0 Å². The van der Waals surface area contributed by atoms with E-state index in [4.69, 9.17) is 11.6 Å². The highest BCUT2D eigenvalue weighted by Gasteiger charge is 2.01. The molecule has 18 heavy (non-hydrogen) atoms. The van der Waals surface area contributed by atoms with Gasteiger partial charge < -0.3 is 10.1 Å². The third kappa shape index (κ3) is 5.34. The summed E-state index contributed by atoms with van der Waals surface area (Å²) in [4.78, 5) is 11.1. The van der Waals surface area contributed by atoms with Crippen LogP contribution >= 0.6 is 11.6 Å². The number of esters is 1. The summed E-state index contributed by atoms with van der Waals surface area (Å²) < 4.78 is 4.60. The Labute approximate surface area is 113 Å². The van der Waals surface area contributed by atoms with Crippen molar-refractivity contribution in [2.75, 3.05) is 20.2 Å². The molecule has 0 fully saturated rings. The molecule has 98 valence electrons. The predicted octanol–water partition coefficient (Wildman–Crippen LogP) is 2.59. The molecule has 4 heteroatoms. The highest BCUT2D eigenvalue weighted by molar-refractivity contribution is 6.30. The number of rotatable bonds is 6. The number of hydrogen-bond donors (Lipinski definition) is 1. The first-order chi connectivity index (χ1) is 8.63. The summed E-state index contributed by atoms with van der Waals surface area (Å²) >= 11 is 5.81. The van der Waals surface area contributed by atoms with Crippen LogP contribution in [-0.4, -0.2) is 26.2 Å². The van der Waals surface area contributed by atoms with Crippen LogP contribution in [0, 0.1) is 0 Å². The quantitative estimate of drug-likeness (QED) is 0.489. The van der Waals surface area contributed by atoms with Crippen molar-refractivity contribution in [3.05, 3.63) is 46.5 Å². The van der Waals surface area contributed by atoms with Crippen molar-refractivity contribution in [3.8, 4) is 0 Å². The molecule has 0 saturated carbocycles. The maximum absolute atomic E-state index is 11.1. The molecule has 0 aliphatic heterocycles. The highest BCUT2D eigenvalue weighted by Crippen LogP contribution is 2.09. The van der Waals surface area contributed by atoms with Gasteiger partial charge in [-0.1, -0.05) is 29.8 Å². The van der Waals surface area contributed by atoms with Gasteiger partial charge in [0.15, 0.2) is 0 Å². The molecule has 0 heterocycles. The number of hydrogen-bond acceptors (Lipinski definition) is 3. The molecule has 0 spiro atoms. The Hall–Kier alpha value is -1.32. The Kier molecular flexibility index (Phi) is 6.47. The van der Waals surface area contributed by atoms with Gasteiger partial charge in [-0.25, -0.2) is 4.79 Å². The summed E-state index contributed by atoms with van der Waals surface area (Å²) in [5, 5.41) is 3.99. The van der Waals surface area contributed by atoms with Crippen LogP contribution in [0.3, 0.4) is 0 Å². The fourth-order valence-electron chi connectivity index (χ4n) is 1.46. The predicted molar refractivity (Wildman–Crippen MR) is 73.8 cm³/mol. The largest absolute Gasteiger partial charge is 0.466 e. The van der Waals surface area contributed by atoms with E-state index in [-0.39, 0.29) is 5.97 Å². The van der Waals surface area contributed by atoms with Crippen molar-refractivity contribution in [1.82, 2.24) is 5.32 Å². The van der Waals surface area contributed by atoms with Crippen LogP contribution < -0.4 is 5.32 Å². The highest BCUT2D eigenvalue weighted by atomic mass is 35.5. The van der Waals surface area contributed by atoms with Gasteiger partial charge in [0.2, 0.25) is 0 Å². The van der Waals surface area contributed by atoms with Crippen LogP contribution in [0.15, 0.2) is 35.9 Å². The molecule has 0 aliphatic carbocycles. The van der Waals surface area contributed by atoms with Gasteiger partial charge in [-0.05, 0) is 37.6 Å². The van der Waals surface area contributed by atoms with E-state index in [0.29, 0.717) is 12.1 Å². The van der Waals surface area contributed by atoms with Gasteiger partial charge in [0, 0.05) is 17.1 Å². The van der Waals surface area contributed by atoms with Gasteiger partial charge in [-0.3, -0.25) is 0 Å². The number of carbonyl (C=O) groups is 1. The Morgan fingerprint density at radius 2 is 2.06 bits per heavy atom. The van der Waals surface area contributed by atoms with Crippen LogP contribution in [-0.2, 0) is 16.0 Å². The van der Waals surface area contributed by atoms with Crippen molar-refractivity contribution in [2.24, 2.45) is 0 Å². The fourth-order valence-corrected chi connectivity index (χ4v) is 1.58. The number of ether oxygens (including phenoxy) is 1. The third-order valence-corrected chi connectivity index (χ3v) is 2.82. The van der Waals surface area contributed by atoms with Crippen LogP contribution in [0.4, 0.5) is 0 Å². The molecule has 1 rings (SSSR count). The molecular weight excluding hydrogens is 250 g/mol. The van der Waals surface area contributed by atoms with Gasteiger partial charge >= 0.3 is 5.97 Å². The lowest BCUT2D eigenvalue weighted by atomic mass is 10.1. The summed E-state index contributed by atoms with van der Waals surface area (Å²) in [5.74, 6) is -0.283. The molecule has 1 aromatic carbocycles. The second-order valence-electron chi connectivity index (χ2n) is 3.96. The normalized spacial score (nSPS) is 11.4. The maximum Gasteiger partial charge on any atom is 0.333 e. The third-order valence-electron chi connectivity index (χ3n) is 2.56. The lowest BCUT2D eigenvalue weighted by Crippen LogP contribution is -2.18. The van der Waals surface area contributed by atoms with Gasteiger partial charge in [0.25, 0.3) is 0 Å². The standard InChI is InChI=1S/C14H18ClNO2/c1-11(14(17)18-2)7-9-16-10-8-12-3-5-13(15)6-4-12/h3-7,16H,8-10H2,1-2H3/b11-7+. The minimum atomic E-state index is -0.283. The van der Waals surface area contributed by atoms with Crippen molar-refractivity contribution in [3.63, 3.8) is 0 Å². The second-order valence-corrected chi connectivity index (χ2v) is 4.40. The molecular formula is C14H18ClNO2. The zero-order chi connectivity index (χ0) is 13.4. The number of carbonyl (C=O) groups excluding carboxylic acids is 1. The number of benzene rings is 1. The zero-order valence-corrected chi connectivity index (χ0v) is 11.5. The monoisotopic (exact) mass is 267 g/mol. The Balaban J connectivity index is 2.23. The van der Waals surface area contributed by atoms with E-state index in [9.17, 15) is 4.79 Å². The Morgan fingerprint density at radius 1 is 1.39 bits per heavy atom. The fraction of sp³-hybridized carbons (Fsp3) is 0.357. The minimum absolute atomic E-state index is 0.283. The van der Waals surface area contributed by atoms with Crippen molar-refractivity contribution in [1.29, 1.82) is 0 Å². The summed E-state index contributed by atoms with van der Waals surface area (Å²) in [5.41, 5.74) is 1.86. The summed E-state index contributed by atoms with van der Waals surface area (Å²) in [6, 6.07) is 7.80. The van der Waals surface area contributed by atoms with Crippen LogP contribution in [0.25, 0.3) is 0 Å². The van der Waals surface area contributed by atoms with Gasteiger partial charge in [-0.2, -0.15) is 0 Å². The average molecular weight is 268 g/mol. The summed E-state index contributed by atoms with van der Waals surface area (Å²) in [7, 11) is 1.38. The molecule has 0 aliphatic rings. The molecule has 0 aromatic heterocycles. The first kappa shape index (κ1) is 14.7. The lowest BCUT2D eigenvalue weighted by molar-refractivity contribution is -0.136. The number of halogens is 1. The minimum Gasteiger partial charge on any atom is -0.466 e. The van der Waals surface area contributed by atoms with Crippen LogP contribution in [0.1, 0.15) is 12.5 Å². The van der Waals surface area contributed by atoms with Crippen molar-refractivity contribution in [2.45, 2.75) is 13.3 Å².